The molecule has 3 heteroatoms. The molecule has 0 radical (unpaired) electrons. The minimum absolute atomic E-state index is 0.0556. The molecule has 0 aliphatic rings. The van der Waals surface area contributed by atoms with Crippen molar-refractivity contribution in [3.63, 3.8) is 0 Å². The van der Waals surface area contributed by atoms with Gasteiger partial charge in [-0.05, 0) is 6.42 Å². The van der Waals surface area contributed by atoms with Crippen LogP contribution >= 0.6 is 0 Å². The summed E-state index contributed by atoms with van der Waals surface area (Å²) in [4.78, 5) is 10.7. The second kappa shape index (κ2) is 4.47. The van der Waals surface area contributed by atoms with Crippen LogP contribution < -0.4 is 5.73 Å². The Morgan fingerprint density at radius 1 is 1.78 bits per heavy atom. The van der Waals surface area contributed by atoms with Crippen LogP contribution in [-0.4, -0.2) is 23.5 Å². The summed E-state index contributed by atoms with van der Waals surface area (Å²) >= 11 is 0. The molecule has 0 aromatic heterocycles. The van der Waals surface area contributed by atoms with E-state index in [2.05, 4.69) is 0 Å². The first-order valence-electron chi connectivity index (χ1n) is 3.11. The third-order valence-corrected chi connectivity index (χ3v) is 1.11. The molecule has 3 N–H and O–H groups in total. The van der Waals surface area contributed by atoms with Gasteiger partial charge in [0.05, 0.1) is 12.6 Å². The molecule has 0 aromatic carbocycles. The van der Waals surface area contributed by atoms with Gasteiger partial charge in [0.25, 0.3) is 0 Å². The van der Waals surface area contributed by atoms with Crippen LogP contribution in [0.25, 0.3) is 0 Å². The van der Waals surface area contributed by atoms with Crippen molar-refractivity contribution in [1.82, 2.24) is 0 Å². The number of carbonyl (C=O) groups is 1. The molecule has 0 aromatic rings. The fourth-order valence-electron chi connectivity index (χ4n) is 0.534. The van der Waals surface area contributed by atoms with Crippen molar-refractivity contribution >= 4 is 5.78 Å². The molecule has 0 saturated heterocycles. The number of ketones is 1. The van der Waals surface area contributed by atoms with E-state index in [0.717, 1.165) is 6.42 Å². The normalized spacial score (nSPS) is 13.2. The molecular formula is C6H13NO2. The van der Waals surface area contributed by atoms with Gasteiger partial charge in [-0.2, -0.15) is 0 Å². The van der Waals surface area contributed by atoms with Gasteiger partial charge in [-0.1, -0.05) is 6.92 Å². The average molecular weight is 131 g/mol. The first kappa shape index (κ1) is 8.59. The van der Waals surface area contributed by atoms with Crippen LogP contribution in [0.2, 0.25) is 0 Å². The van der Waals surface area contributed by atoms with E-state index in [0.29, 0.717) is 6.42 Å². The van der Waals surface area contributed by atoms with Crippen molar-refractivity contribution in [3.8, 4) is 0 Å². The van der Waals surface area contributed by atoms with Gasteiger partial charge in [0, 0.05) is 6.42 Å². The van der Waals surface area contributed by atoms with Gasteiger partial charge in [0.15, 0.2) is 5.78 Å². The number of hydrogen-bond donors (Lipinski definition) is 2. The largest absolute Gasteiger partial charge is 0.394 e. The molecule has 0 bridgehead atoms. The summed E-state index contributed by atoms with van der Waals surface area (Å²) in [7, 11) is 0. The zero-order chi connectivity index (χ0) is 7.28. The molecule has 1 atom stereocenters. The molecule has 3 nitrogen and oxygen atoms in total. The Hall–Kier alpha value is -0.410. The molecule has 9 heavy (non-hydrogen) atoms. The lowest BCUT2D eigenvalue weighted by atomic mass is 10.1. The molecule has 0 aliphatic heterocycles. The first-order valence-corrected chi connectivity index (χ1v) is 3.11. The van der Waals surface area contributed by atoms with Crippen molar-refractivity contribution in [2.75, 3.05) is 6.61 Å². The highest BCUT2D eigenvalue weighted by atomic mass is 16.3. The number of nitrogens with two attached hydrogens (primary N) is 1. The summed E-state index contributed by atoms with van der Waals surface area (Å²) in [6, 6.07) is -0.662. The molecule has 0 aliphatic carbocycles. The highest BCUT2D eigenvalue weighted by Crippen LogP contribution is 1.91. The molecule has 0 unspecified atom stereocenters. The number of rotatable bonds is 4. The summed E-state index contributed by atoms with van der Waals surface area (Å²) in [5.41, 5.74) is 5.20. The van der Waals surface area contributed by atoms with E-state index >= 15 is 0 Å². The molecule has 0 spiro atoms. The molecule has 0 heterocycles. The minimum atomic E-state index is -0.662. The summed E-state index contributed by atoms with van der Waals surface area (Å²) in [5, 5.41) is 8.39. The maximum atomic E-state index is 10.7. The Bertz CT molecular complexity index is 93.1. The Kier molecular flexibility index (Phi) is 4.26. The smallest absolute Gasteiger partial charge is 0.151 e. The monoisotopic (exact) mass is 131 g/mol. The van der Waals surface area contributed by atoms with Gasteiger partial charge >= 0.3 is 0 Å². The Morgan fingerprint density at radius 2 is 2.33 bits per heavy atom. The van der Waals surface area contributed by atoms with E-state index in [1.807, 2.05) is 6.92 Å². The van der Waals surface area contributed by atoms with E-state index in [1.54, 1.807) is 0 Å². The average Bonchev–Trinajstić information content (AvgIpc) is 1.87. The number of carbonyl (C=O) groups excluding carboxylic acids is 1. The zero-order valence-corrected chi connectivity index (χ0v) is 5.63. The predicted octanol–water partition coefficient (Wildman–Crippen LogP) is -0.325. The summed E-state index contributed by atoms with van der Waals surface area (Å²) < 4.78 is 0. The van der Waals surface area contributed by atoms with Crippen LogP contribution in [-0.2, 0) is 4.79 Å². The molecule has 0 rings (SSSR count). The summed E-state index contributed by atoms with van der Waals surface area (Å²) in [5.74, 6) is -0.0556. The van der Waals surface area contributed by atoms with Gasteiger partial charge in [-0.25, -0.2) is 0 Å². The fraction of sp³-hybridized carbons (Fsp3) is 0.833. The lowest BCUT2D eigenvalue weighted by Gasteiger charge is -2.03. The Balaban J connectivity index is 3.46. The molecule has 54 valence electrons. The molecule has 0 amide bonds. The lowest BCUT2D eigenvalue weighted by molar-refractivity contribution is -0.121. The van der Waals surface area contributed by atoms with E-state index < -0.39 is 6.04 Å². The van der Waals surface area contributed by atoms with E-state index in [4.69, 9.17) is 10.8 Å². The van der Waals surface area contributed by atoms with Gasteiger partial charge in [-0.3, -0.25) is 4.79 Å². The van der Waals surface area contributed by atoms with Crippen LogP contribution in [0.1, 0.15) is 19.8 Å². The molecule has 0 fully saturated rings. The van der Waals surface area contributed by atoms with Crippen molar-refractivity contribution in [3.05, 3.63) is 0 Å². The second-order valence-electron chi connectivity index (χ2n) is 2.01. The Labute approximate surface area is 54.9 Å². The highest BCUT2D eigenvalue weighted by Gasteiger charge is 2.09. The summed E-state index contributed by atoms with van der Waals surface area (Å²) in [6.45, 7) is 1.67. The second-order valence-corrected chi connectivity index (χ2v) is 2.01. The third kappa shape index (κ3) is 3.21. The fourth-order valence-corrected chi connectivity index (χ4v) is 0.534. The van der Waals surface area contributed by atoms with Gasteiger partial charge < -0.3 is 10.8 Å². The molecular weight excluding hydrogens is 118 g/mol. The quantitative estimate of drug-likeness (QED) is 0.549. The van der Waals surface area contributed by atoms with Crippen molar-refractivity contribution in [2.24, 2.45) is 5.73 Å². The van der Waals surface area contributed by atoms with Gasteiger partial charge in [-0.15, -0.1) is 0 Å². The van der Waals surface area contributed by atoms with E-state index in [9.17, 15) is 4.79 Å². The first-order chi connectivity index (χ1) is 4.22. The lowest BCUT2D eigenvalue weighted by Crippen LogP contribution is -2.33. The number of aliphatic hydroxyl groups is 1. The maximum Gasteiger partial charge on any atom is 0.151 e. The topological polar surface area (TPSA) is 63.3 Å². The van der Waals surface area contributed by atoms with Gasteiger partial charge in [0.1, 0.15) is 0 Å². The summed E-state index contributed by atoms with van der Waals surface area (Å²) in [6.07, 6.45) is 1.27. The van der Waals surface area contributed by atoms with Crippen LogP contribution in [0.15, 0.2) is 0 Å². The van der Waals surface area contributed by atoms with E-state index in [-0.39, 0.29) is 12.4 Å². The molecule has 0 saturated carbocycles. The van der Waals surface area contributed by atoms with Crippen LogP contribution in [0.5, 0.6) is 0 Å². The van der Waals surface area contributed by atoms with Crippen molar-refractivity contribution in [2.45, 2.75) is 25.8 Å². The number of aliphatic hydroxyl groups excluding tert-OH is 1. The zero-order valence-electron chi connectivity index (χ0n) is 5.63. The van der Waals surface area contributed by atoms with Crippen LogP contribution in [0.3, 0.4) is 0 Å². The predicted molar refractivity (Wildman–Crippen MR) is 35.0 cm³/mol. The standard InChI is InChI=1S/C6H13NO2/c1-2-3-6(9)5(7)4-8/h5,8H,2-4,7H2,1H3/t5-/m0/s1. The highest BCUT2D eigenvalue weighted by molar-refractivity contribution is 5.83. The van der Waals surface area contributed by atoms with Crippen LogP contribution in [0.4, 0.5) is 0 Å². The van der Waals surface area contributed by atoms with E-state index in [1.165, 1.54) is 0 Å². The number of Topliss-reactive ketones (excluding diaryl/α,β-unsaturated/α-hetero) is 1. The number of hydrogen-bond acceptors (Lipinski definition) is 3. The SMILES string of the molecule is CCCC(=O)[C@@H](N)CO. The minimum Gasteiger partial charge on any atom is -0.394 e. The van der Waals surface area contributed by atoms with Crippen LogP contribution in [0, 0.1) is 0 Å². The van der Waals surface area contributed by atoms with Crippen molar-refractivity contribution in [1.29, 1.82) is 0 Å². The van der Waals surface area contributed by atoms with Crippen molar-refractivity contribution < 1.29 is 9.90 Å². The maximum absolute atomic E-state index is 10.7. The van der Waals surface area contributed by atoms with Gasteiger partial charge in [0.2, 0.25) is 0 Å². The third-order valence-electron chi connectivity index (χ3n) is 1.11. The Morgan fingerprint density at radius 3 is 2.67 bits per heavy atom.